The Morgan fingerprint density at radius 2 is 2.30 bits per heavy atom. The minimum Gasteiger partial charge on any atom is -0.495 e. The number of hydrogen-bond acceptors (Lipinski definition) is 4. The van der Waals surface area contributed by atoms with Crippen LogP contribution in [0.5, 0.6) is 5.75 Å². The molecule has 0 aliphatic heterocycles. The molecule has 2 atom stereocenters. The van der Waals surface area contributed by atoms with Crippen LogP contribution in [-0.2, 0) is 6.54 Å². The normalized spacial score (nSPS) is 22.2. The fraction of sp³-hybridized carbons (Fsp3) is 0.562. The van der Waals surface area contributed by atoms with E-state index in [0.29, 0.717) is 17.4 Å². The molecule has 0 aromatic heterocycles. The van der Waals surface area contributed by atoms with E-state index in [1.54, 1.807) is 7.11 Å². The molecule has 0 saturated heterocycles. The molecule has 2 rings (SSSR count). The highest BCUT2D eigenvalue weighted by molar-refractivity contribution is 7.99. The van der Waals surface area contributed by atoms with Crippen LogP contribution in [0, 0.1) is 11.3 Å². The molecule has 3 nitrogen and oxygen atoms in total. The number of methoxy groups -OCH3 is 1. The van der Waals surface area contributed by atoms with Gasteiger partial charge in [0.1, 0.15) is 11.8 Å². The summed E-state index contributed by atoms with van der Waals surface area (Å²) >= 11 is 1.99. The summed E-state index contributed by atoms with van der Waals surface area (Å²) in [5, 5.41) is 13.4. The second kappa shape index (κ2) is 7.56. The zero-order valence-electron chi connectivity index (χ0n) is 12.2. The van der Waals surface area contributed by atoms with Crippen molar-refractivity contribution in [1.29, 1.82) is 5.26 Å². The van der Waals surface area contributed by atoms with Crippen LogP contribution < -0.4 is 10.1 Å². The van der Waals surface area contributed by atoms with Gasteiger partial charge in [-0.05, 0) is 43.2 Å². The third kappa shape index (κ3) is 3.91. The molecule has 20 heavy (non-hydrogen) atoms. The van der Waals surface area contributed by atoms with Gasteiger partial charge < -0.3 is 10.1 Å². The minimum atomic E-state index is 0.594. The maximum absolute atomic E-state index is 8.98. The van der Waals surface area contributed by atoms with Crippen LogP contribution in [0.3, 0.4) is 0 Å². The fourth-order valence-electron chi connectivity index (χ4n) is 2.74. The Hall–Kier alpha value is -1.18. The van der Waals surface area contributed by atoms with Gasteiger partial charge in [-0.25, -0.2) is 0 Å². The molecular weight excluding hydrogens is 268 g/mol. The molecular formula is C16H22N2OS. The summed E-state index contributed by atoms with van der Waals surface area (Å²) in [4.78, 5) is 0. The molecule has 1 aliphatic rings. The van der Waals surface area contributed by atoms with Crippen LogP contribution in [0.15, 0.2) is 18.2 Å². The molecule has 0 bridgehead atoms. The van der Waals surface area contributed by atoms with Crippen molar-refractivity contribution in [2.75, 3.05) is 13.4 Å². The predicted octanol–water partition coefficient (Wildman–Crippen LogP) is 3.33. The van der Waals surface area contributed by atoms with E-state index in [-0.39, 0.29) is 0 Å². The Bertz CT molecular complexity index is 484. The molecule has 1 saturated carbocycles. The fourth-order valence-corrected chi connectivity index (χ4v) is 3.57. The van der Waals surface area contributed by atoms with E-state index in [2.05, 4.69) is 17.6 Å². The van der Waals surface area contributed by atoms with Crippen LogP contribution in [0.25, 0.3) is 0 Å². The lowest BCUT2D eigenvalue weighted by Crippen LogP contribution is -2.34. The zero-order chi connectivity index (χ0) is 14.4. The number of benzene rings is 1. The first-order valence-corrected chi connectivity index (χ1v) is 8.38. The highest BCUT2D eigenvalue weighted by atomic mass is 32.2. The van der Waals surface area contributed by atoms with Gasteiger partial charge in [0.25, 0.3) is 0 Å². The molecule has 0 radical (unpaired) electrons. The quantitative estimate of drug-likeness (QED) is 0.903. The first-order valence-electron chi connectivity index (χ1n) is 7.10. The lowest BCUT2D eigenvalue weighted by atomic mass is 9.95. The lowest BCUT2D eigenvalue weighted by Gasteiger charge is -2.28. The summed E-state index contributed by atoms with van der Waals surface area (Å²) < 4.78 is 5.25. The average molecular weight is 290 g/mol. The molecule has 1 aromatic carbocycles. The molecule has 1 aliphatic carbocycles. The van der Waals surface area contributed by atoms with Gasteiger partial charge in [-0.2, -0.15) is 17.0 Å². The van der Waals surface area contributed by atoms with Gasteiger partial charge in [-0.15, -0.1) is 0 Å². The van der Waals surface area contributed by atoms with Crippen molar-refractivity contribution in [3.8, 4) is 11.8 Å². The molecule has 108 valence electrons. The van der Waals surface area contributed by atoms with Gasteiger partial charge >= 0.3 is 0 Å². The molecule has 2 unspecified atom stereocenters. The lowest BCUT2D eigenvalue weighted by molar-refractivity contribution is 0.379. The molecule has 1 fully saturated rings. The molecule has 4 heteroatoms. The topological polar surface area (TPSA) is 45.0 Å². The van der Waals surface area contributed by atoms with Gasteiger partial charge in [-0.3, -0.25) is 0 Å². The number of thioether (sulfide) groups is 1. The van der Waals surface area contributed by atoms with E-state index in [1.165, 1.54) is 31.2 Å². The molecule has 0 heterocycles. The Balaban J connectivity index is 1.92. The van der Waals surface area contributed by atoms with Crippen molar-refractivity contribution in [1.82, 2.24) is 5.32 Å². The van der Waals surface area contributed by atoms with E-state index >= 15 is 0 Å². The van der Waals surface area contributed by atoms with Crippen LogP contribution in [-0.4, -0.2) is 24.7 Å². The van der Waals surface area contributed by atoms with Crippen molar-refractivity contribution in [3.05, 3.63) is 29.3 Å². The predicted molar refractivity (Wildman–Crippen MR) is 84.1 cm³/mol. The van der Waals surface area contributed by atoms with Gasteiger partial charge in [0.05, 0.1) is 12.7 Å². The highest BCUT2D eigenvalue weighted by Gasteiger charge is 2.20. The Labute approximate surface area is 125 Å². The summed E-state index contributed by atoms with van der Waals surface area (Å²) in [6, 6.07) is 8.55. The van der Waals surface area contributed by atoms with Crippen LogP contribution in [0.2, 0.25) is 0 Å². The molecule has 1 N–H and O–H groups in total. The van der Waals surface area contributed by atoms with Crippen molar-refractivity contribution in [3.63, 3.8) is 0 Å². The Kier molecular flexibility index (Phi) is 5.75. The van der Waals surface area contributed by atoms with E-state index < -0.39 is 0 Å². The third-order valence-corrected chi connectivity index (χ3v) is 5.04. The average Bonchev–Trinajstić information content (AvgIpc) is 2.52. The summed E-state index contributed by atoms with van der Waals surface area (Å²) in [7, 11) is 1.61. The summed E-state index contributed by atoms with van der Waals surface area (Å²) in [5.41, 5.74) is 1.77. The number of ether oxygens (including phenoxy) is 1. The summed E-state index contributed by atoms with van der Waals surface area (Å²) in [5.74, 6) is 0.664. The Morgan fingerprint density at radius 3 is 3.00 bits per heavy atom. The number of nitrogens with one attached hydrogen (secondary N) is 1. The van der Waals surface area contributed by atoms with Gasteiger partial charge in [-0.1, -0.05) is 12.5 Å². The maximum Gasteiger partial charge on any atom is 0.136 e. The minimum absolute atomic E-state index is 0.594. The maximum atomic E-state index is 8.98. The smallest absolute Gasteiger partial charge is 0.136 e. The van der Waals surface area contributed by atoms with Crippen molar-refractivity contribution in [2.45, 2.75) is 43.5 Å². The number of nitrogens with zero attached hydrogens (tertiary/aromatic N) is 1. The van der Waals surface area contributed by atoms with E-state index in [1.807, 2.05) is 30.0 Å². The van der Waals surface area contributed by atoms with Gasteiger partial charge in [0, 0.05) is 17.8 Å². The monoisotopic (exact) mass is 290 g/mol. The third-order valence-electron chi connectivity index (χ3n) is 3.94. The highest BCUT2D eigenvalue weighted by Crippen LogP contribution is 2.27. The van der Waals surface area contributed by atoms with Crippen LogP contribution >= 0.6 is 11.8 Å². The van der Waals surface area contributed by atoms with Crippen molar-refractivity contribution in [2.24, 2.45) is 0 Å². The van der Waals surface area contributed by atoms with Crippen LogP contribution in [0.4, 0.5) is 0 Å². The first-order chi connectivity index (χ1) is 9.76. The largest absolute Gasteiger partial charge is 0.495 e. The molecule has 0 spiro atoms. The zero-order valence-corrected chi connectivity index (χ0v) is 13.0. The second-order valence-electron chi connectivity index (χ2n) is 5.25. The summed E-state index contributed by atoms with van der Waals surface area (Å²) in [6.45, 7) is 0.841. The number of hydrogen-bond donors (Lipinski definition) is 1. The molecule has 0 amide bonds. The van der Waals surface area contributed by atoms with E-state index in [4.69, 9.17) is 10.00 Å². The number of nitriles is 1. The van der Waals surface area contributed by atoms with E-state index in [0.717, 1.165) is 11.8 Å². The second-order valence-corrected chi connectivity index (χ2v) is 6.39. The van der Waals surface area contributed by atoms with Gasteiger partial charge in [0.15, 0.2) is 0 Å². The van der Waals surface area contributed by atoms with Crippen molar-refractivity contribution < 1.29 is 4.74 Å². The Morgan fingerprint density at radius 1 is 1.45 bits per heavy atom. The summed E-state index contributed by atoms with van der Waals surface area (Å²) in [6.07, 6.45) is 7.40. The van der Waals surface area contributed by atoms with Crippen molar-refractivity contribution >= 4 is 11.8 Å². The van der Waals surface area contributed by atoms with Crippen LogP contribution in [0.1, 0.15) is 36.8 Å². The van der Waals surface area contributed by atoms with Gasteiger partial charge in [0.2, 0.25) is 0 Å². The SMILES string of the molecule is COc1cc(CNC2CCCC(SC)C2)ccc1C#N. The van der Waals surface area contributed by atoms with E-state index in [9.17, 15) is 0 Å². The molecule has 1 aromatic rings. The first kappa shape index (κ1) is 15.2. The standard InChI is InChI=1S/C16H22N2OS/c1-19-16-8-12(6-7-13(16)10-17)11-18-14-4-3-5-15(9-14)20-2/h6-8,14-15,18H,3-5,9,11H2,1-2H3. The number of rotatable bonds is 5.